The summed E-state index contributed by atoms with van der Waals surface area (Å²) in [7, 11) is 0. The van der Waals surface area contributed by atoms with Crippen LogP contribution < -0.4 is 14.2 Å². The number of alkyl halides is 1. The van der Waals surface area contributed by atoms with Gasteiger partial charge in [0.25, 0.3) is 23.7 Å². The van der Waals surface area contributed by atoms with Crippen molar-refractivity contribution < 1.29 is 38.2 Å². The molecule has 0 spiro atoms. The van der Waals surface area contributed by atoms with Gasteiger partial charge < -0.3 is 9.47 Å². The third kappa shape index (κ3) is 5.18. The maximum absolute atomic E-state index is 14.2. The number of aromatic nitrogens is 1. The number of imide groups is 1. The molecule has 3 aromatic carbocycles. The zero-order valence-corrected chi connectivity index (χ0v) is 20.2. The fourth-order valence-corrected chi connectivity index (χ4v) is 4.00. The second-order valence-corrected chi connectivity index (χ2v) is 8.52. The highest BCUT2D eigenvalue weighted by atomic mass is 19.1. The maximum atomic E-state index is 14.2. The fourth-order valence-electron chi connectivity index (χ4n) is 4.00. The van der Waals surface area contributed by atoms with Crippen molar-refractivity contribution in [2.24, 2.45) is 0 Å². The standard InChI is InChI=1S/C29H24FN2O6/c30-16-26(38-32-28(33)22-13-7-8-14-23(22)29(32)34)24-15-25(36-18-20-9-3-1-4-10-20)27(17-31(24)35)37-19-21-11-5-2-6-12-21/h1-15,17,26,35H,16,18-19H2/q+1. The van der Waals surface area contributed by atoms with Gasteiger partial charge in [0.1, 0.15) is 19.9 Å². The summed E-state index contributed by atoms with van der Waals surface area (Å²) >= 11 is 0. The van der Waals surface area contributed by atoms with Gasteiger partial charge in [-0.2, -0.15) is 0 Å². The number of carbonyl (C=O) groups is 2. The summed E-state index contributed by atoms with van der Waals surface area (Å²) in [5.74, 6) is -1.00. The van der Waals surface area contributed by atoms with Crippen molar-refractivity contribution in [2.75, 3.05) is 6.67 Å². The largest absolute Gasteiger partial charge is 0.485 e. The van der Waals surface area contributed by atoms with Gasteiger partial charge in [0, 0.05) is 4.73 Å². The second-order valence-electron chi connectivity index (χ2n) is 8.52. The van der Waals surface area contributed by atoms with Crippen molar-refractivity contribution in [3.05, 3.63) is 125 Å². The Bertz CT molecular complexity index is 1410. The monoisotopic (exact) mass is 515 g/mol. The van der Waals surface area contributed by atoms with E-state index < -0.39 is 24.6 Å². The van der Waals surface area contributed by atoms with Crippen LogP contribution >= 0.6 is 0 Å². The van der Waals surface area contributed by atoms with Crippen molar-refractivity contribution in [2.45, 2.75) is 19.3 Å². The van der Waals surface area contributed by atoms with Crippen LogP contribution in [0.4, 0.5) is 4.39 Å². The number of benzene rings is 3. The maximum Gasteiger partial charge on any atom is 0.285 e. The van der Waals surface area contributed by atoms with E-state index >= 15 is 0 Å². The molecule has 1 aliphatic heterocycles. The first-order valence-electron chi connectivity index (χ1n) is 11.9. The van der Waals surface area contributed by atoms with Crippen LogP contribution in [0.15, 0.2) is 97.2 Å². The van der Waals surface area contributed by atoms with Gasteiger partial charge in [-0.3, -0.25) is 14.8 Å². The summed E-state index contributed by atoms with van der Waals surface area (Å²) in [5, 5.41) is 11.2. The van der Waals surface area contributed by atoms with E-state index in [0.29, 0.717) is 9.79 Å². The molecular formula is C29H24FN2O6+. The van der Waals surface area contributed by atoms with E-state index in [2.05, 4.69) is 0 Å². The summed E-state index contributed by atoms with van der Waals surface area (Å²) in [6.07, 6.45) is -0.267. The first kappa shape index (κ1) is 24.9. The zero-order valence-electron chi connectivity index (χ0n) is 20.2. The molecule has 0 bridgehead atoms. The van der Waals surface area contributed by atoms with Crippen molar-refractivity contribution >= 4 is 11.8 Å². The Hall–Kier alpha value is -4.76. The minimum absolute atomic E-state index is 0.0841. The predicted octanol–water partition coefficient (Wildman–Crippen LogP) is 4.61. The van der Waals surface area contributed by atoms with E-state index in [-0.39, 0.29) is 41.5 Å². The Morgan fingerprint density at radius 3 is 1.79 bits per heavy atom. The van der Waals surface area contributed by atoms with Crippen LogP contribution in [0.2, 0.25) is 0 Å². The molecule has 0 fully saturated rings. The average Bonchev–Trinajstić information content (AvgIpc) is 3.20. The fraction of sp³-hybridized carbons (Fsp3) is 0.138. The van der Waals surface area contributed by atoms with Gasteiger partial charge in [0.15, 0.2) is 5.75 Å². The van der Waals surface area contributed by atoms with E-state index in [1.165, 1.54) is 24.4 Å². The van der Waals surface area contributed by atoms with Crippen LogP contribution in [0, 0.1) is 0 Å². The Labute approximate surface area is 218 Å². The van der Waals surface area contributed by atoms with E-state index in [1.54, 1.807) is 12.1 Å². The summed E-state index contributed by atoms with van der Waals surface area (Å²) in [6.45, 7) is -0.771. The molecule has 0 aliphatic carbocycles. The van der Waals surface area contributed by atoms with Gasteiger partial charge in [-0.1, -0.05) is 72.8 Å². The number of ether oxygens (including phenoxy) is 2. The molecule has 0 saturated heterocycles. The van der Waals surface area contributed by atoms with Crippen molar-refractivity contribution in [1.82, 2.24) is 5.06 Å². The third-order valence-corrected chi connectivity index (χ3v) is 5.96. The van der Waals surface area contributed by atoms with Gasteiger partial charge in [0.05, 0.1) is 17.2 Å². The predicted molar refractivity (Wildman–Crippen MR) is 132 cm³/mol. The van der Waals surface area contributed by atoms with Crippen LogP contribution in [0.25, 0.3) is 0 Å². The smallest absolute Gasteiger partial charge is 0.285 e. The average molecular weight is 516 g/mol. The molecule has 0 radical (unpaired) electrons. The van der Waals surface area contributed by atoms with Crippen LogP contribution in [0.3, 0.4) is 0 Å². The number of rotatable bonds is 10. The topological polar surface area (TPSA) is 89.2 Å². The number of hydrogen-bond acceptors (Lipinski definition) is 6. The molecule has 1 aromatic heterocycles. The lowest BCUT2D eigenvalue weighted by Gasteiger charge is -2.19. The molecule has 4 aromatic rings. The van der Waals surface area contributed by atoms with Gasteiger partial charge in [-0.25, -0.2) is 9.23 Å². The molecular weight excluding hydrogens is 491 g/mol. The quantitative estimate of drug-likeness (QED) is 0.189. The highest BCUT2D eigenvalue weighted by molar-refractivity contribution is 6.20. The molecule has 1 atom stereocenters. The molecule has 2 heterocycles. The van der Waals surface area contributed by atoms with Crippen LogP contribution in [-0.2, 0) is 18.1 Å². The molecule has 38 heavy (non-hydrogen) atoms. The number of carbonyl (C=O) groups excluding carboxylic acids is 2. The molecule has 9 heteroatoms. The van der Waals surface area contributed by atoms with Gasteiger partial charge in [-0.05, 0) is 23.3 Å². The number of hydrogen-bond donors (Lipinski definition) is 1. The SMILES string of the molecule is O=C1c2ccccc2C(=O)N1OC(CF)c1cc(OCc2ccccc2)c(OCc2ccccc2)c[n+]1O. The first-order valence-corrected chi connectivity index (χ1v) is 11.9. The van der Waals surface area contributed by atoms with E-state index in [1.807, 2.05) is 60.7 Å². The number of nitrogens with zero attached hydrogens (tertiary/aromatic N) is 2. The van der Waals surface area contributed by atoms with E-state index in [9.17, 15) is 19.2 Å². The van der Waals surface area contributed by atoms with Crippen molar-refractivity contribution in [3.63, 3.8) is 0 Å². The lowest BCUT2D eigenvalue weighted by molar-refractivity contribution is -0.911. The number of pyridine rings is 1. The van der Waals surface area contributed by atoms with Gasteiger partial charge in [-0.15, -0.1) is 5.06 Å². The van der Waals surface area contributed by atoms with E-state index in [0.717, 1.165) is 11.1 Å². The number of halogens is 1. The van der Waals surface area contributed by atoms with Crippen LogP contribution in [-0.4, -0.2) is 28.8 Å². The number of amides is 2. The summed E-state index contributed by atoms with van der Waals surface area (Å²) in [5.41, 5.74) is 2.00. The van der Waals surface area contributed by atoms with Crippen molar-refractivity contribution in [1.29, 1.82) is 0 Å². The highest BCUT2D eigenvalue weighted by Crippen LogP contribution is 2.32. The summed E-state index contributed by atoms with van der Waals surface area (Å²) in [4.78, 5) is 30.9. The molecule has 5 rings (SSSR count). The van der Waals surface area contributed by atoms with Crippen LogP contribution in [0.5, 0.6) is 11.5 Å². The molecule has 1 aliphatic rings. The lowest BCUT2D eigenvalue weighted by atomic mass is 10.1. The van der Waals surface area contributed by atoms with Crippen LogP contribution in [0.1, 0.15) is 43.6 Å². The Kier molecular flexibility index (Phi) is 7.28. The molecule has 0 saturated carbocycles. The zero-order chi connectivity index (χ0) is 26.5. The summed E-state index contributed by atoms with van der Waals surface area (Å²) < 4.78 is 26.8. The molecule has 1 N–H and O–H groups in total. The molecule has 1 unspecified atom stereocenters. The molecule has 2 amide bonds. The Morgan fingerprint density at radius 2 is 1.26 bits per heavy atom. The number of hydroxylamine groups is 2. The second kappa shape index (κ2) is 11.1. The van der Waals surface area contributed by atoms with Crippen molar-refractivity contribution in [3.8, 4) is 11.5 Å². The minimum atomic E-state index is -1.50. The first-order chi connectivity index (χ1) is 18.5. The summed E-state index contributed by atoms with van der Waals surface area (Å²) in [6, 6.07) is 26.4. The normalized spacial score (nSPS) is 13.3. The van der Waals surface area contributed by atoms with Gasteiger partial charge >= 0.3 is 0 Å². The number of fused-ring (bicyclic) bond motifs is 1. The highest BCUT2D eigenvalue weighted by Gasteiger charge is 2.40. The Balaban J connectivity index is 1.42. The lowest BCUT2D eigenvalue weighted by Crippen LogP contribution is -2.41. The van der Waals surface area contributed by atoms with E-state index in [4.69, 9.17) is 14.3 Å². The minimum Gasteiger partial charge on any atom is -0.485 e. The molecule has 8 nitrogen and oxygen atoms in total. The third-order valence-electron chi connectivity index (χ3n) is 5.96. The van der Waals surface area contributed by atoms with Gasteiger partial charge in [0.2, 0.25) is 11.9 Å². The molecule has 192 valence electrons. The Morgan fingerprint density at radius 1 is 0.763 bits per heavy atom.